The Labute approximate surface area is 191 Å². The van der Waals surface area contributed by atoms with Gasteiger partial charge in [0.15, 0.2) is 0 Å². The van der Waals surface area contributed by atoms with Gasteiger partial charge >= 0.3 is 0 Å². The van der Waals surface area contributed by atoms with Gasteiger partial charge in [-0.3, -0.25) is 9.48 Å². The van der Waals surface area contributed by atoms with Crippen LogP contribution in [0.4, 0.5) is 11.5 Å². The van der Waals surface area contributed by atoms with Crippen LogP contribution in [0.1, 0.15) is 6.92 Å². The topological polar surface area (TPSA) is 131 Å². The van der Waals surface area contributed by atoms with Gasteiger partial charge in [-0.05, 0) is 24.3 Å². The van der Waals surface area contributed by atoms with Crippen molar-refractivity contribution in [3.05, 3.63) is 36.7 Å². The first-order valence-corrected chi connectivity index (χ1v) is 11.8. The SMILES string of the molecule is COCC[S+]([O-])c1sc2nc(-c3ccc(NC(C)=O)nc3)cc(-c3ccnn3C)c2c1N. The van der Waals surface area contributed by atoms with Crippen LogP contribution in [0.25, 0.3) is 32.7 Å². The zero-order valence-electron chi connectivity index (χ0n) is 17.8. The molecule has 9 nitrogen and oxygen atoms in total. The summed E-state index contributed by atoms with van der Waals surface area (Å²) in [6.07, 6.45) is 3.37. The lowest BCUT2D eigenvalue weighted by Crippen LogP contribution is -2.11. The molecule has 4 rings (SSSR count). The highest BCUT2D eigenvalue weighted by atomic mass is 32.2. The van der Waals surface area contributed by atoms with Crippen LogP contribution in [-0.4, -0.2) is 49.7 Å². The number of nitrogen functional groups attached to an aromatic ring is 1. The fraction of sp³-hybridized carbons (Fsp3) is 0.238. The number of fused-ring (bicyclic) bond motifs is 1. The molecule has 4 aromatic heterocycles. The van der Waals surface area contributed by atoms with Crippen molar-refractivity contribution in [3.8, 4) is 22.5 Å². The molecule has 0 fully saturated rings. The fourth-order valence-electron chi connectivity index (χ4n) is 3.31. The second-order valence-corrected chi connectivity index (χ2v) is 9.80. The van der Waals surface area contributed by atoms with Gasteiger partial charge in [0.25, 0.3) is 0 Å². The van der Waals surface area contributed by atoms with E-state index >= 15 is 0 Å². The van der Waals surface area contributed by atoms with Crippen molar-refractivity contribution in [2.75, 3.05) is 30.5 Å². The predicted octanol–water partition coefficient (Wildman–Crippen LogP) is 3.05. The second-order valence-electron chi connectivity index (χ2n) is 7.03. The van der Waals surface area contributed by atoms with Crippen molar-refractivity contribution < 1.29 is 14.1 Å². The van der Waals surface area contributed by atoms with Crippen LogP contribution in [-0.2, 0) is 27.8 Å². The Bertz CT molecular complexity index is 1270. The monoisotopic (exact) mass is 470 g/mol. The molecule has 0 aliphatic rings. The van der Waals surface area contributed by atoms with Gasteiger partial charge in [-0.25, -0.2) is 9.97 Å². The van der Waals surface area contributed by atoms with E-state index in [1.54, 1.807) is 30.3 Å². The smallest absolute Gasteiger partial charge is 0.232 e. The number of nitrogens with two attached hydrogens (primary N) is 1. The minimum atomic E-state index is -1.29. The summed E-state index contributed by atoms with van der Waals surface area (Å²) in [6, 6.07) is 7.39. The van der Waals surface area contributed by atoms with E-state index in [9.17, 15) is 9.35 Å². The molecule has 32 heavy (non-hydrogen) atoms. The number of nitrogens with one attached hydrogen (secondary N) is 1. The number of hydrogen-bond donors (Lipinski definition) is 2. The summed E-state index contributed by atoms with van der Waals surface area (Å²) >= 11 is 0.0268. The molecule has 0 spiro atoms. The first-order valence-electron chi connectivity index (χ1n) is 9.71. The molecule has 0 bridgehead atoms. The van der Waals surface area contributed by atoms with E-state index in [4.69, 9.17) is 15.5 Å². The zero-order chi connectivity index (χ0) is 22.8. The number of anilines is 2. The van der Waals surface area contributed by atoms with Gasteiger partial charge in [0, 0.05) is 61.2 Å². The quantitative estimate of drug-likeness (QED) is 0.397. The Morgan fingerprint density at radius 1 is 1.38 bits per heavy atom. The van der Waals surface area contributed by atoms with Gasteiger partial charge in [0.05, 0.1) is 18.0 Å². The van der Waals surface area contributed by atoms with Crippen molar-refractivity contribution in [1.82, 2.24) is 19.7 Å². The highest BCUT2D eigenvalue weighted by Crippen LogP contribution is 2.43. The van der Waals surface area contributed by atoms with Crippen molar-refractivity contribution in [2.24, 2.45) is 7.05 Å². The second kappa shape index (κ2) is 9.25. The molecule has 0 aliphatic carbocycles. The van der Waals surface area contributed by atoms with Gasteiger partial charge in [-0.15, -0.1) is 0 Å². The molecular weight excluding hydrogens is 448 g/mol. The lowest BCUT2D eigenvalue weighted by molar-refractivity contribution is -0.114. The fourth-order valence-corrected chi connectivity index (χ4v) is 5.87. The number of carbonyl (C=O) groups is 1. The summed E-state index contributed by atoms with van der Waals surface area (Å²) in [4.78, 5) is 21.0. The summed E-state index contributed by atoms with van der Waals surface area (Å²) in [5.41, 5.74) is 10.1. The third-order valence-corrected chi connectivity index (χ3v) is 7.68. The zero-order valence-corrected chi connectivity index (χ0v) is 19.4. The molecule has 1 atom stereocenters. The van der Waals surface area contributed by atoms with E-state index in [1.165, 1.54) is 18.3 Å². The van der Waals surface area contributed by atoms with Crippen LogP contribution in [0, 0.1) is 0 Å². The normalized spacial score (nSPS) is 12.2. The lowest BCUT2D eigenvalue weighted by Gasteiger charge is -2.10. The summed E-state index contributed by atoms with van der Waals surface area (Å²) in [6.45, 7) is 1.81. The third-order valence-electron chi connectivity index (χ3n) is 4.80. The number of rotatable bonds is 7. The maximum absolute atomic E-state index is 12.8. The Kier molecular flexibility index (Phi) is 6.42. The third kappa shape index (κ3) is 4.32. The molecule has 4 heterocycles. The number of methoxy groups -OCH3 is 1. The number of amides is 1. The van der Waals surface area contributed by atoms with E-state index in [0.717, 1.165) is 22.2 Å². The van der Waals surface area contributed by atoms with Gasteiger partial charge in [-0.1, -0.05) is 11.3 Å². The van der Waals surface area contributed by atoms with Crippen molar-refractivity contribution >= 4 is 50.1 Å². The summed E-state index contributed by atoms with van der Waals surface area (Å²) < 4.78 is 20.2. The summed E-state index contributed by atoms with van der Waals surface area (Å²) in [5, 5.41) is 7.69. The van der Waals surface area contributed by atoms with E-state index in [1.807, 2.05) is 25.2 Å². The lowest BCUT2D eigenvalue weighted by atomic mass is 10.0. The van der Waals surface area contributed by atoms with Crippen LogP contribution in [0.5, 0.6) is 0 Å². The average Bonchev–Trinajstić information content (AvgIpc) is 3.34. The molecule has 11 heteroatoms. The number of nitrogens with zero attached hydrogens (tertiary/aromatic N) is 4. The van der Waals surface area contributed by atoms with Gasteiger partial charge in [0.2, 0.25) is 10.1 Å². The van der Waals surface area contributed by atoms with E-state index < -0.39 is 11.2 Å². The molecule has 1 amide bonds. The highest BCUT2D eigenvalue weighted by molar-refractivity contribution is 7.93. The number of aromatic nitrogens is 4. The number of pyridine rings is 2. The first kappa shape index (κ1) is 22.2. The van der Waals surface area contributed by atoms with Gasteiger partial charge < -0.3 is 20.3 Å². The van der Waals surface area contributed by atoms with Crippen LogP contribution >= 0.6 is 11.3 Å². The first-order chi connectivity index (χ1) is 15.4. The minimum absolute atomic E-state index is 0.189. The maximum Gasteiger partial charge on any atom is 0.232 e. The largest absolute Gasteiger partial charge is 0.611 e. The molecule has 0 radical (unpaired) electrons. The van der Waals surface area contributed by atoms with Crippen LogP contribution in [0.2, 0.25) is 0 Å². The molecule has 0 saturated heterocycles. The molecule has 0 aliphatic heterocycles. The Morgan fingerprint density at radius 2 is 2.19 bits per heavy atom. The molecule has 1 unspecified atom stereocenters. The summed E-state index contributed by atoms with van der Waals surface area (Å²) in [7, 11) is 3.43. The number of aryl methyl sites for hydroxylation is 1. The molecule has 3 N–H and O–H groups in total. The molecule has 0 saturated carbocycles. The Hall–Kier alpha value is -2.99. The molecule has 166 valence electrons. The van der Waals surface area contributed by atoms with Crippen molar-refractivity contribution in [3.63, 3.8) is 0 Å². The van der Waals surface area contributed by atoms with E-state index in [0.29, 0.717) is 38.6 Å². The maximum atomic E-state index is 12.8. The summed E-state index contributed by atoms with van der Waals surface area (Å²) in [5.74, 6) is 0.632. The van der Waals surface area contributed by atoms with Crippen molar-refractivity contribution in [1.29, 1.82) is 0 Å². The highest BCUT2D eigenvalue weighted by Gasteiger charge is 2.25. The minimum Gasteiger partial charge on any atom is -0.611 e. The Balaban J connectivity index is 1.87. The Morgan fingerprint density at radius 3 is 2.81 bits per heavy atom. The number of hydrogen-bond acceptors (Lipinski definition) is 8. The average molecular weight is 471 g/mol. The van der Waals surface area contributed by atoms with Crippen LogP contribution in [0.15, 0.2) is 40.9 Å². The van der Waals surface area contributed by atoms with Crippen LogP contribution in [0.3, 0.4) is 0 Å². The predicted molar refractivity (Wildman–Crippen MR) is 127 cm³/mol. The molecule has 4 aromatic rings. The van der Waals surface area contributed by atoms with E-state index in [-0.39, 0.29) is 5.91 Å². The molecule has 0 aromatic carbocycles. The number of thiophene rings is 1. The van der Waals surface area contributed by atoms with E-state index in [2.05, 4.69) is 15.4 Å². The standard InChI is InChI=1S/C21H22N6O3S2/c1-12(28)25-17-5-4-13(11-23-17)15-10-14(16-6-7-24-27(16)2)18-19(22)21(31-20(18)26-15)32(29)9-8-30-3/h4-7,10-11H,8-9,22H2,1-3H3,(H,23,25,28). The van der Waals surface area contributed by atoms with Crippen LogP contribution < -0.4 is 11.1 Å². The number of ether oxygens (including phenoxy) is 1. The molecular formula is C21H22N6O3S2. The van der Waals surface area contributed by atoms with Gasteiger partial charge in [0.1, 0.15) is 22.1 Å². The van der Waals surface area contributed by atoms with Gasteiger partial charge in [-0.2, -0.15) is 5.10 Å². The number of carbonyl (C=O) groups excluding carboxylic acids is 1. The van der Waals surface area contributed by atoms with Crippen molar-refractivity contribution in [2.45, 2.75) is 11.1 Å².